The predicted octanol–water partition coefficient (Wildman–Crippen LogP) is 1.18. The number of amides is 1. The van der Waals surface area contributed by atoms with Crippen molar-refractivity contribution in [2.75, 3.05) is 6.54 Å². The Kier molecular flexibility index (Phi) is 4.45. The van der Waals surface area contributed by atoms with Crippen molar-refractivity contribution in [1.82, 2.24) is 4.90 Å². The van der Waals surface area contributed by atoms with Crippen LogP contribution < -0.4 is 0 Å². The van der Waals surface area contributed by atoms with Crippen LogP contribution in [0.2, 0.25) is 5.54 Å². The second-order valence-electron chi connectivity index (χ2n) is 6.01. The van der Waals surface area contributed by atoms with Crippen molar-refractivity contribution in [2.24, 2.45) is 0 Å². The van der Waals surface area contributed by atoms with E-state index in [-0.39, 0.29) is 5.54 Å². The number of carbonyl (C=O) groups is 2. The highest BCUT2D eigenvalue weighted by Gasteiger charge is 2.51. The van der Waals surface area contributed by atoms with Crippen molar-refractivity contribution >= 4 is 22.3 Å². The minimum absolute atomic E-state index is 0.0521. The molecule has 1 unspecified atom stereocenters. The van der Waals surface area contributed by atoms with E-state index in [1.807, 2.05) is 0 Å². The van der Waals surface area contributed by atoms with E-state index >= 15 is 0 Å². The summed E-state index contributed by atoms with van der Waals surface area (Å²) in [6.45, 7) is 9.35. The first kappa shape index (κ1) is 15.8. The van der Waals surface area contributed by atoms with Crippen LogP contribution >= 0.6 is 0 Å². The first-order valence-corrected chi connectivity index (χ1v) is 7.68. The molecular weight excluding hydrogens is 262 g/mol. The van der Waals surface area contributed by atoms with E-state index in [0.29, 0.717) is 16.8 Å². The lowest BCUT2D eigenvalue weighted by Gasteiger charge is -2.46. The van der Waals surface area contributed by atoms with E-state index in [1.165, 1.54) is 11.0 Å². The Hall–Kier alpha value is -1.30. The highest BCUT2D eigenvalue weighted by molar-refractivity contribution is 6.16. The molecule has 0 aromatic carbocycles. The van der Waals surface area contributed by atoms with Crippen molar-refractivity contribution in [2.45, 2.75) is 50.3 Å². The first-order valence-electron chi connectivity index (χ1n) is 6.52. The van der Waals surface area contributed by atoms with Gasteiger partial charge in [-0.05, 0) is 39.2 Å². The average molecular weight is 285 g/mol. The molecule has 19 heavy (non-hydrogen) atoms. The molecule has 1 amide bonds. The molecule has 108 valence electrons. The van der Waals surface area contributed by atoms with Crippen LogP contribution in [0.25, 0.3) is 0 Å². The summed E-state index contributed by atoms with van der Waals surface area (Å²) in [5, 5.41) is 9.58. The minimum Gasteiger partial charge on any atom is -0.479 e. The summed E-state index contributed by atoms with van der Waals surface area (Å²) in [5.74, 6) is -1.02. The number of aliphatic carboxylic acids is 1. The van der Waals surface area contributed by atoms with Crippen LogP contribution in [0, 0.1) is 0 Å². The highest BCUT2D eigenvalue weighted by Crippen LogP contribution is 2.38. The minimum atomic E-state index is -1.31. The fraction of sp³-hybridized carbons (Fsp3) is 0.692. The Bertz CT molecular complexity index is 391. The molecule has 1 aliphatic heterocycles. The van der Waals surface area contributed by atoms with Gasteiger partial charge in [-0.25, -0.2) is 9.59 Å². The Morgan fingerprint density at radius 3 is 2.53 bits per heavy atom. The zero-order valence-electron chi connectivity index (χ0n) is 12.1. The molecule has 0 aliphatic carbocycles. The number of hydrogen-bond donors (Lipinski definition) is 1. The number of rotatable bonds is 2. The van der Waals surface area contributed by atoms with Gasteiger partial charge in [-0.3, -0.25) is 4.90 Å². The Morgan fingerprint density at radius 2 is 2.11 bits per heavy atom. The zero-order chi connectivity index (χ0) is 14.8. The van der Waals surface area contributed by atoms with Gasteiger partial charge in [0, 0.05) is 16.8 Å². The van der Waals surface area contributed by atoms with E-state index in [9.17, 15) is 14.7 Å². The summed E-state index contributed by atoms with van der Waals surface area (Å²) in [5.41, 5.74) is -2.00. The van der Waals surface area contributed by atoms with Crippen molar-refractivity contribution < 1.29 is 19.4 Å². The van der Waals surface area contributed by atoms with Gasteiger partial charge in [0.2, 0.25) is 0 Å². The van der Waals surface area contributed by atoms with Crippen molar-refractivity contribution in [3.63, 3.8) is 0 Å². The maximum absolute atomic E-state index is 12.2. The quantitative estimate of drug-likeness (QED) is 0.611. The van der Waals surface area contributed by atoms with Gasteiger partial charge in [0.25, 0.3) is 0 Å². The molecule has 2 atom stereocenters. The van der Waals surface area contributed by atoms with Gasteiger partial charge in [-0.2, -0.15) is 0 Å². The van der Waals surface area contributed by atoms with Gasteiger partial charge in [0.05, 0.1) is 0 Å². The number of nitrogens with zero attached hydrogens (tertiary/aromatic N) is 1. The summed E-state index contributed by atoms with van der Waals surface area (Å²) in [7, 11) is 0.690. The lowest BCUT2D eigenvalue weighted by Crippen LogP contribution is -2.61. The lowest BCUT2D eigenvalue weighted by atomic mass is 9.86. The monoisotopic (exact) mass is 285 g/mol. The van der Waals surface area contributed by atoms with Crippen molar-refractivity contribution in [3.8, 4) is 0 Å². The number of carbonyl (C=O) groups excluding carboxylic acids is 1. The third kappa shape index (κ3) is 3.00. The Balaban J connectivity index is 3.11. The third-order valence-corrected chi connectivity index (χ3v) is 4.94. The Morgan fingerprint density at radius 1 is 1.53 bits per heavy atom. The summed E-state index contributed by atoms with van der Waals surface area (Å²) in [6, 6.07) is 0. The smallest absolute Gasteiger partial charge is 0.411 e. The molecule has 0 bridgehead atoms. The molecule has 1 fully saturated rings. The molecule has 0 radical (unpaired) electrons. The number of ether oxygens (including phenoxy) is 1. The van der Waals surface area contributed by atoms with Gasteiger partial charge >= 0.3 is 12.1 Å². The van der Waals surface area contributed by atoms with Crippen LogP contribution in [-0.4, -0.2) is 50.0 Å². The molecule has 1 aliphatic rings. The van der Waals surface area contributed by atoms with Gasteiger partial charge in [-0.1, -0.05) is 6.08 Å². The van der Waals surface area contributed by atoms with Gasteiger partial charge in [0.15, 0.2) is 5.54 Å². The van der Waals surface area contributed by atoms with Crippen LogP contribution in [-0.2, 0) is 9.53 Å². The fourth-order valence-electron chi connectivity index (χ4n) is 2.51. The van der Waals surface area contributed by atoms with E-state index in [1.54, 1.807) is 20.8 Å². The fourth-order valence-corrected chi connectivity index (χ4v) is 3.71. The molecule has 1 heterocycles. The van der Waals surface area contributed by atoms with Gasteiger partial charge in [-0.15, -0.1) is 6.58 Å². The number of carboxylic acid groups (broad SMARTS) is 1. The summed E-state index contributed by atoms with van der Waals surface area (Å²) < 4.78 is 5.32. The summed E-state index contributed by atoms with van der Waals surface area (Å²) >= 11 is 0. The molecule has 6 heteroatoms. The molecule has 0 aromatic heterocycles. The SMILES string of the molecule is C=C[C@@]1(C(=O)O)C([SiH3])CCCN1C(=O)OC(C)(C)C. The summed E-state index contributed by atoms with van der Waals surface area (Å²) in [6.07, 6.45) is 2.42. The molecule has 0 aromatic rings. The lowest BCUT2D eigenvalue weighted by molar-refractivity contribution is -0.149. The number of piperidine rings is 1. The van der Waals surface area contributed by atoms with Crippen LogP contribution in [0.3, 0.4) is 0 Å². The topological polar surface area (TPSA) is 66.8 Å². The normalized spacial score (nSPS) is 27.9. The molecular formula is C13H23NO4Si. The summed E-state index contributed by atoms with van der Waals surface area (Å²) in [4.78, 5) is 25.3. The molecule has 5 nitrogen and oxygen atoms in total. The largest absolute Gasteiger partial charge is 0.479 e. The number of hydrogen-bond acceptors (Lipinski definition) is 3. The molecule has 1 saturated heterocycles. The van der Waals surface area contributed by atoms with Gasteiger partial charge in [0.1, 0.15) is 5.60 Å². The maximum Gasteiger partial charge on any atom is 0.411 e. The second kappa shape index (κ2) is 5.36. The zero-order valence-corrected chi connectivity index (χ0v) is 14.1. The van der Waals surface area contributed by atoms with Crippen LogP contribution in [0.5, 0.6) is 0 Å². The number of likely N-dealkylation sites (tertiary alicyclic amines) is 1. The molecule has 0 spiro atoms. The van der Waals surface area contributed by atoms with Crippen LogP contribution in [0.15, 0.2) is 12.7 Å². The van der Waals surface area contributed by atoms with Crippen molar-refractivity contribution in [3.05, 3.63) is 12.7 Å². The first-order chi connectivity index (χ1) is 8.65. The van der Waals surface area contributed by atoms with E-state index in [0.717, 1.165) is 12.8 Å². The van der Waals surface area contributed by atoms with Gasteiger partial charge < -0.3 is 9.84 Å². The number of carboxylic acids is 1. The van der Waals surface area contributed by atoms with E-state index in [4.69, 9.17) is 4.74 Å². The molecule has 1 rings (SSSR count). The highest BCUT2D eigenvalue weighted by atomic mass is 28.1. The van der Waals surface area contributed by atoms with E-state index in [2.05, 4.69) is 6.58 Å². The van der Waals surface area contributed by atoms with Crippen LogP contribution in [0.4, 0.5) is 4.79 Å². The third-order valence-electron chi connectivity index (χ3n) is 3.48. The molecule has 1 N–H and O–H groups in total. The Labute approximate surface area is 117 Å². The van der Waals surface area contributed by atoms with Crippen molar-refractivity contribution in [1.29, 1.82) is 0 Å². The molecule has 0 saturated carbocycles. The van der Waals surface area contributed by atoms with Crippen LogP contribution in [0.1, 0.15) is 33.6 Å². The maximum atomic E-state index is 12.2. The average Bonchev–Trinajstić information content (AvgIpc) is 2.26. The predicted molar refractivity (Wildman–Crippen MR) is 76.4 cm³/mol. The van der Waals surface area contributed by atoms with E-state index < -0.39 is 23.2 Å². The second-order valence-corrected chi connectivity index (χ2v) is 7.40. The standard InChI is InChI=1S/C13H23NO4Si/c1-5-13(10(15)16)9(19)7-6-8-14(13)11(17)18-12(2,3)4/h5,9H,1,6-8H2,2-4,19H3,(H,15,16)/t9?,13-/m0/s1.